The van der Waals surface area contributed by atoms with Crippen molar-refractivity contribution in [2.45, 2.75) is 277 Å². The Kier molecular flexibility index (Phi) is 52.3. The maximum atomic E-state index is 12.9. The molecule has 0 radical (unpaired) electrons. The lowest BCUT2D eigenvalue weighted by Gasteiger charge is -2.21. The number of allylic oxidation sites excluding steroid dienone is 10. The Labute approximate surface area is 440 Å². The molecule has 0 saturated heterocycles. The number of rotatable bonds is 54. The number of carbonyl (C=O) groups is 3. The summed E-state index contributed by atoms with van der Waals surface area (Å²) in [5.74, 6) is -1.50. The van der Waals surface area contributed by atoms with Gasteiger partial charge in [0.1, 0.15) is 12.7 Å². The smallest absolute Gasteiger partial charge is 0.462 e. The van der Waals surface area contributed by atoms with E-state index in [1.54, 1.807) is 0 Å². The summed E-state index contributed by atoms with van der Waals surface area (Å²) in [7, 11) is -4.76. The number of hydrogen-bond donors (Lipinski definition) is 2. The first-order valence-corrected chi connectivity index (χ1v) is 30.7. The molecule has 12 heteroatoms. The van der Waals surface area contributed by atoms with Gasteiger partial charge in [0, 0.05) is 19.3 Å². The van der Waals surface area contributed by atoms with Crippen molar-refractivity contribution in [3.05, 3.63) is 60.8 Å². The van der Waals surface area contributed by atoms with Crippen molar-refractivity contribution in [2.75, 3.05) is 26.4 Å². The van der Waals surface area contributed by atoms with Gasteiger partial charge in [-0.25, -0.2) is 4.57 Å². The fourth-order valence-electron chi connectivity index (χ4n) is 7.95. The fourth-order valence-corrected chi connectivity index (χ4v) is 8.73. The summed E-state index contributed by atoms with van der Waals surface area (Å²) >= 11 is 0. The quantitative estimate of drug-likeness (QED) is 0.0197. The van der Waals surface area contributed by atoms with E-state index in [9.17, 15) is 28.9 Å². The maximum Gasteiger partial charge on any atom is 0.472 e. The lowest BCUT2D eigenvalue weighted by Crippen LogP contribution is -2.30. The topological polar surface area (TPSA) is 155 Å². The zero-order chi connectivity index (χ0) is 52.7. The normalized spacial score (nSPS) is 13.8. The van der Waals surface area contributed by atoms with Crippen LogP contribution in [0.25, 0.3) is 0 Å². The van der Waals surface area contributed by atoms with Crippen LogP contribution in [0.5, 0.6) is 0 Å². The first-order chi connectivity index (χ1) is 35.2. The van der Waals surface area contributed by atoms with Gasteiger partial charge in [-0.05, 0) is 103 Å². The molecule has 0 aromatic rings. The number of phosphoric acid groups is 1. The van der Waals surface area contributed by atoms with Gasteiger partial charge in [0.05, 0.1) is 19.8 Å². The molecule has 3 atom stereocenters. The van der Waals surface area contributed by atoms with Crippen LogP contribution in [0.1, 0.15) is 265 Å². The van der Waals surface area contributed by atoms with E-state index in [2.05, 4.69) is 81.5 Å². The zero-order valence-corrected chi connectivity index (χ0v) is 47.0. The van der Waals surface area contributed by atoms with Crippen molar-refractivity contribution in [1.82, 2.24) is 0 Å². The van der Waals surface area contributed by atoms with Crippen molar-refractivity contribution >= 4 is 25.7 Å². The molecule has 2 N–H and O–H groups in total. The van der Waals surface area contributed by atoms with Gasteiger partial charge >= 0.3 is 25.7 Å². The van der Waals surface area contributed by atoms with E-state index in [-0.39, 0.29) is 25.9 Å². The molecule has 0 bridgehead atoms. The van der Waals surface area contributed by atoms with E-state index >= 15 is 0 Å². The highest BCUT2D eigenvalue weighted by atomic mass is 31.2. The fraction of sp³-hybridized carbons (Fsp3) is 0.783. The molecule has 3 unspecified atom stereocenters. The Balaban J connectivity index is 4.71. The van der Waals surface area contributed by atoms with Gasteiger partial charge in [-0.2, -0.15) is 0 Å². The summed E-state index contributed by atoms with van der Waals surface area (Å²) in [6.07, 6.45) is 59.0. The van der Waals surface area contributed by atoms with E-state index in [1.165, 1.54) is 109 Å². The average molecular weight is 1040 g/mol. The molecule has 0 rings (SSSR count). The molecule has 418 valence electrons. The third kappa shape index (κ3) is 52.1. The molecule has 0 spiro atoms. The number of esters is 3. The van der Waals surface area contributed by atoms with Gasteiger partial charge in [-0.1, -0.05) is 204 Å². The Morgan fingerprint density at radius 1 is 0.403 bits per heavy atom. The van der Waals surface area contributed by atoms with E-state index < -0.39 is 57.8 Å². The van der Waals surface area contributed by atoms with Gasteiger partial charge in [0.15, 0.2) is 6.10 Å². The summed E-state index contributed by atoms with van der Waals surface area (Å²) in [6, 6.07) is 0. The molecule has 0 fully saturated rings. The van der Waals surface area contributed by atoms with Crippen LogP contribution in [-0.2, 0) is 42.2 Å². The molecule has 0 aliphatic rings. The molecule has 0 heterocycles. The minimum Gasteiger partial charge on any atom is -0.462 e. The maximum absolute atomic E-state index is 12.9. The summed E-state index contributed by atoms with van der Waals surface area (Å²) in [5, 5.41) is 9.80. The Bertz CT molecular complexity index is 1440. The van der Waals surface area contributed by atoms with Gasteiger partial charge in [0.25, 0.3) is 0 Å². The minimum atomic E-state index is -4.76. The van der Waals surface area contributed by atoms with Gasteiger partial charge in [-0.15, -0.1) is 0 Å². The van der Waals surface area contributed by atoms with E-state index in [1.807, 2.05) is 0 Å². The molecule has 72 heavy (non-hydrogen) atoms. The van der Waals surface area contributed by atoms with E-state index in [0.29, 0.717) is 19.3 Å². The SMILES string of the molecule is CC/C=C\C/C=C\C/C=C\CCCCCC(=O)OC(COC(=O)CCCCCCCCCCC/C=C\CCCCCCCC)COP(=O)(O)OCC(CO)OC(=O)CCCCCCC/C=C\CCCCCC. The molecule has 0 aromatic heterocycles. The predicted octanol–water partition coefficient (Wildman–Crippen LogP) is 17.1. The van der Waals surface area contributed by atoms with Crippen molar-refractivity contribution in [2.24, 2.45) is 0 Å². The van der Waals surface area contributed by atoms with Crippen LogP contribution in [0.4, 0.5) is 0 Å². The number of carbonyl (C=O) groups excluding carboxylic acids is 3. The van der Waals surface area contributed by atoms with Crippen LogP contribution in [0, 0.1) is 0 Å². The second-order valence-electron chi connectivity index (χ2n) is 19.4. The Morgan fingerprint density at radius 2 is 0.722 bits per heavy atom. The lowest BCUT2D eigenvalue weighted by molar-refractivity contribution is -0.161. The zero-order valence-electron chi connectivity index (χ0n) is 46.1. The highest BCUT2D eigenvalue weighted by Gasteiger charge is 2.28. The molecule has 0 aliphatic heterocycles. The monoisotopic (exact) mass is 1030 g/mol. The van der Waals surface area contributed by atoms with Crippen LogP contribution in [0.2, 0.25) is 0 Å². The third-order valence-corrected chi connectivity index (χ3v) is 13.3. The van der Waals surface area contributed by atoms with Gasteiger partial charge in [0.2, 0.25) is 0 Å². The molecule has 0 saturated carbocycles. The highest BCUT2D eigenvalue weighted by molar-refractivity contribution is 7.47. The molecule has 0 aliphatic carbocycles. The van der Waals surface area contributed by atoms with Crippen LogP contribution < -0.4 is 0 Å². The number of phosphoric ester groups is 1. The van der Waals surface area contributed by atoms with Crippen molar-refractivity contribution < 1.29 is 52.2 Å². The average Bonchev–Trinajstić information content (AvgIpc) is 3.37. The number of ether oxygens (including phenoxy) is 3. The number of hydrogen-bond acceptors (Lipinski definition) is 10. The first kappa shape index (κ1) is 69.2. The number of aliphatic hydroxyl groups excluding tert-OH is 1. The summed E-state index contributed by atoms with van der Waals surface area (Å²) in [5.41, 5.74) is 0. The third-order valence-electron chi connectivity index (χ3n) is 12.4. The number of unbranched alkanes of at least 4 members (excludes halogenated alkanes) is 27. The van der Waals surface area contributed by atoms with Crippen molar-refractivity contribution in [3.63, 3.8) is 0 Å². The van der Waals surface area contributed by atoms with Crippen LogP contribution in [0.3, 0.4) is 0 Å². The summed E-state index contributed by atoms with van der Waals surface area (Å²) in [6.45, 7) is 4.48. The van der Waals surface area contributed by atoms with Gasteiger partial charge in [-0.3, -0.25) is 23.4 Å². The highest BCUT2D eigenvalue weighted by Crippen LogP contribution is 2.43. The summed E-state index contributed by atoms with van der Waals surface area (Å²) < 4.78 is 39.5. The molecule has 11 nitrogen and oxygen atoms in total. The predicted molar refractivity (Wildman–Crippen MR) is 298 cm³/mol. The largest absolute Gasteiger partial charge is 0.472 e. The molecule has 0 amide bonds. The Morgan fingerprint density at radius 3 is 1.15 bits per heavy atom. The van der Waals surface area contributed by atoms with Crippen molar-refractivity contribution in [3.8, 4) is 0 Å². The lowest BCUT2D eigenvalue weighted by atomic mass is 10.1. The van der Waals surface area contributed by atoms with E-state index in [0.717, 1.165) is 96.3 Å². The molecular weight excluding hydrogens is 928 g/mol. The first-order valence-electron chi connectivity index (χ1n) is 29.2. The number of aliphatic hydroxyl groups is 1. The van der Waals surface area contributed by atoms with Crippen LogP contribution in [-0.4, -0.2) is 66.5 Å². The minimum absolute atomic E-state index is 0.132. The van der Waals surface area contributed by atoms with Crippen molar-refractivity contribution in [1.29, 1.82) is 0 Å². The molecule has 0 aromatic carbocycles. The summed E-state index contributed by atoms with van der Waals surface area (Å²) in [4.78, 5) is 48.5. The second-order valence-corrected chi connectivity index (χ2v) is 20.9. The standard InChI is InChI=1S/C60H107O11P/c1-4-7-10-13-16-19-22-25-26-27-28-29-30-33-34-37-40-43-46-49-58(62)67-53-57(71-60(64)51-48-45-42-39-36-32-24-21-18-15-12-9-6-3)55-69-72(65,66)68-54-56(52-61)70-59(63)50-47-44-41-38-35-31-23-20-17-14-11-8-5-2/h9,12,18,20-21,23,25-26,32,36,56-57,61H,4-8,10-11,13-17,19,22,24,27-31,33-35,37-55H2,1-3H3,(H,65,66)/b12-9-,21-18-,23-20-,26-25-,36-32-. The second kappa shape index (κ2) is 54.4. The van der Waals surface area contributed by atoms with Crippen LogP contribution in [0.15, 0.2) is 60.8 Å². The van der Waals surface area contributed by atoms with Crippen LogP contribution >= 0.6 is 7.82 Å². The van der Waals surface area contributed by atoms with E-state index in [4.69, 9.17) is 23.3 Å². The van der Waals surface area contributed by atoms with Gasteiger partial charge < -0.3 is 24.2 Å². The Hall–Kier alpha value is -2.82. The molecular formula is C60H107O11P.